The normalized spacial score (nSPS) is 11.7. The molecule has 0 bridgehead atoms. The van der Waals surface area contributed by atoms with Crippen LogP contribution >= 0.6 is 11.8 Å². The Kier molecular flexibility index (Phi) is 4.61. The highest BCUT2D eigenvalue weighted by Crippen LogP contribution is 2.19. The van der Waals surface area contributed by atoms with E-state index in [-0.39, 0.29) is 0 Å². The van der Waals surface area contributed by atoms with Gasteiger partial charge in [-0.3, -0.25) is 4.98 Å². The lowest BCUT2D eigenvalue weighted by Gasteiger charge is -2.22. The van der Waals surface area contributed by atoms with Crippen LogP contribution in [0.4, 0.5) is 0 Å². The van der Waals surface area contributed by atoms with Crippen LogP contribution in [-0.4, -0.2) is 22.5 Å². The van der Waals surface area contributed by atoms with Crippen LogP contribution in [0.3, 0.4) is 0 Å². The Bertz CT molecular complexity index is 293. The predicted molar refractivity (Wildman–Crippen MR) is 68.3 cm³/mol. The molecule has 0 spiro atoms. The fraction of sp³-hybridized carbons (Fsp3) is 0.583. The molecule has 1 heterocycles. The minimum Gasteiger partial charge on any atom is -0.310 e. The van der Waals surface area contributed by atoms with E-state index in [4.69, 9.17) is 0 Å². The molecule has 0 unspecified atom stereocenters. The molecule has 1 aromatic heterocycles. The third kappa shape index (κ3) is 4.67. The molecule has 0 aliphatic rings. The second-order valence-corrected chi connectivity index (χ2v) is 5.91. The summed E-state index contributed by atoms with van der Waals surface area (Å²) in [6, 6.07) is 4.18. The van der Waals surface area contributed by atoms with Gasteiger partial charge < -0.3 is 5.32 Å². The van der Waals surface area contributed by atoms with E-state index in [9.17, 15) is 0 Å². The molecule has 2 nitrogen and oxygen atoms in total. The fourth-order valence-electron chi connectivity index (χ4n) is 1.17. The molecule has 3 heteroatoms. The highest BCUT2D eigenvalue weighted by atomic mass is 32.2. The maximum atomic E-state index is 4.35. The van der Waals surface area contributed by atoms with Crippen LogP contribution in [0.25, 0.3) is 0 Å². The van der Waals surface area contributed by atoms with Gasteiger partial charge in [0.05, 0.1) is 5.69 Å². The molecule has 0 saturated carbocycles. The highest BCUT2D eigenvalue weighted by Gasteiger charge is 2.14. The van der Waals surface area contributed by atoms with E-state index in [1.807, 2.05) is 18.0 Å². The van der Waals surface area contributed by atoms with Gasteiger partial charge in [0.15, 0.2) is 0 Å². The maximum Gasteiger partial charge on any atom is 0.0541 e. The van der Waals surface area contributed by atoms with Crippen molar-refractivity contribution >= 4 is 11.8 Å². The lowest BCUT2D eigenvalue weighted by Crippen LogP contribution is -2.31. The minimum absolute atomic E-state index is 0.296. The Morgan fingerprint density at radius 3 is 2.67 bits per heavy atom. The van der Waals surface area contributed by atoms with Gasteiger partial charge in [0.2, 0.25) is 0 Å². The van der Waals surface area contributed by atoms with E-state index in [1.165, 1.54) is 5.56 Å². The van der Waals surface area contributed by atoms with E-state index in [1.54, 1.807) is 0 Å². The van der Waals surface area contributed by atoms with Gasteiger partial charge in [0.1, 0.15) is 0 Å². The Morgan fingerprint density at radius 1 is 1.40 bits per heavy atom. The second-order valence-electron chi connectivity index (χ2n) is 4.39. The van der Waals surface area contributed by atoms with Crippen molar-refractivity contribution in [3.05, 3.63) is 29.6 Å². The number of hydrogen-bond donors (Lipinski definition) is 1. The molecule has 0 atom stereocenters. The summed E-state index contributed by atoms with van der Waals surface area (Å²) in [5, 5.41) is 3.43. The highest BCUT2D eigenvalue weighted by molar-refractivity contribution is 7.99. The van der Waals surface area contributed by atoms with E-state index >= 15 is 0 Å². The molecule has 0 saturated heterocycles. The van der Waals surface area contributed by atoms with Gasteiger partial charge >= 0.3 is 0 Å². The Labute approximate surface area is 96.9 Å². The van der Waals surface area contributed by atoms with Gasteiger partial charge in [0, 0.05) is 24.0 Å². The average Bonchev–Trinajstić information content (AvgIpc) is 2.21. The Morgan fingerprint density at radius 2 is 2.13 bits per heavy atom. The summed E-state index contributed by atoms with van der Waals surface area (Å²) in [4.78, 5) is 4.35. The summed E-state index contributed by atoms with van der Waals surface area (Å²) in [5.74, 6) is 0. The number of aromatic nitrogens is 1. The first-order chi connectivity index (χ1) is 7.03. The van der Waals surface area contributed by atoms with Gasteiger partial charge in [-0.15, -0.1) is 0 Å². The van der Waals surface area contributed by atoms with Gasteiger partial charge in [-0.05, 0) is 38.7 Å². The zero-order chi connectivity index (χ0) is 11.3. The molecule has 15 heavy (non-hydrogen) atoms. The van der Waals surface area contributed by atoms with Crippen molar-refractivity contribution < 1.29 is 0 Å². The maximum absolute atomic E-state index is 4.35. The van der Waals surface area contributed by atoms with Crippen molar-refractivity contribution in [2.45, 2.75) is 32.1 Å². The first-order valence-electron chi connectivity index (χ1n) is 5.21. The first-order valence-corrected chi connectivity index (χ1v) is 6.43. The van der Waals surface area contributed by atoms with E-state index < -0.39 is 0 Å². The van der Waals surface area contributed by atoms with Gasteiger partial charge in [0.25, 0.3) is 0 Å². The standard InChI is InChI=1S/C12H20N2S/c1-10-5-6-11(14-7-10)8-13-9-12(2,3)15-4/h5-7,13H,8-9H2,1-4H3. The molecule has 1 rings (SSSR count). The van der Waals surface area contributed by atoms with Crippen LogP contribution in [0, 0.1) is 6.92 Å². The molecule has 0 amide bonds. The van der Waals surface area contributed by atoms with Crippen molar-refractivity contribution in [3.8, 4) is 0 Å². The number of rotatable bonds is 5. The summed E-state index contributed by atoms with van der Waals surface area (Å²) in [6.07, 6.45) is 4.06. The third-order valence-corrected chi connectivity index (χ3v) is 3.63. The van der Waals surface area contributed by atoms with Crippen LogP contribution in [0.5, 0.6) is 0 Å². The topological polar surface area (TPSA) is 24.9 Å². The molecule has 1 aromatic rings. The summed E-state index contributed by atoms with van der Waals surface area (Å²) >= 11 is 1.88. The van der Waals surface area contributed by atoms with E-state index in [2.05, 4.69) is 49.5 Å². The number of pyridine rings is 1. The molecule has 84 valence electrons. The number of nitrogens with one attached hydrogen (secondary N) is 1. The SMILES string of the molecule is CSC(C)(C)CNCc1ccc(C)cn1. The molecule has 0 aliphatic carbocycles. The molecule has 0 aliphatic heterocycles. The van der Waals surface area contributed by atoms with E-state index in [0.717, 1.165) is 18.8 Å². The smallest absolute Gasteiger partial charge is 0.0541 e. The lowest BCUT2D eigenvalue weighted by molar-refractivity contribution is 0.585. The van der Waals surface area contributed by atoms with Crippen molar-refractivity contribution in [3.63, 3.8) is 0 Å². The first kappa shape index (κ1) is 12.5. The second kappa shape index (κ2) is 5.52. The van der Waals surface area contributed by atoms with Crippen LogP contribution in [0.2, 0.25) is 0 Å². The van der Waals surface area contributed by atoms with Gasteiger partial charge in [-0.25, -0.2) is 0 Å². The van der Waals surface area contributed by atoms with Gasteiger partial charge in [-0.1, -0.05) is 6.07 Å². The van der Waals surface area contributed by atoms with Gasteiger partial charge in [-0.2, -0.15) is 11.8 Å². The van der Waals surface area contributed by atoms with Crippen molar-refractivity contribution in [1.29, 1.82) is 0 Å². The Hall–Kier alpha value is -0.540. The largest absolute Gasteiger partial charge is 0.310 e. The monoisotopic (exact) mass is 224 g/mol. The zero-order valence-electron chi connectivity index (χ0n) is 10.0. The number of hydrogen-bond acceptors (Lipinski definition) is 3. The van der Waals surface area contributed by atoms with Crippen LogP contribution in [0.15, 0.2) is 18.3 Å². The predicted octanol–water partition coefficient (Wildman–Crippen LogP) is 2.62. The lowest BCUT2D eigenvalue weighted by atomic mass is 10.2. The molecular weight excluding hydrogens is 204 g/mol. The summed E-state index contributed by atoms with van der Waals surface area (Å²) in [5.41, 5.74) is 2.32. The average molecular weight is 224 g/mol. The molecule has 1 N–H and O–H groups in total. The molecule has 0 fully saturated rings. The third-order valence-electron chi connectivity index (χ3n) is 2.38. The molecule has 0 aromatic carbocycles. The summed E-state index contributed by atoms with van der Waals surface area (Å²) in [6.45, 7) is 8.40. The quantitative estimate of drug-likeness (QED) is 0.832. The molecule has 0 radical (unpaired) electrons. The zero-order valence-corrected chi connectivity index (χ0v) is 10.8. The minimum atomic E-state index is 0.296. The van der Waals surface area contributed by atoms with E-state index in [0.29, 0.717) is 4.75 Å². The summed E-state index contributed by atoms with van der Waals surface area (Å²) < 4.78 is 0.296. The number of nitrogens with zero attached hydrogens (tertiary/aromatic N) is 1. The van der Waals surface area contributed by atoms with Crippen molar-refractivity contribution in [1.82, 2.24) is 10.3 Å². The van der Waals surface area contributed by atoms with Crippen molar-refractivity contribution in [2.75, 3.05) is 12.8 Å². The fourth-order valence-corrected chi connectivity index (χ4v) is 1.41. The number of thioether (sulfide) groups is 1. The summed E-state index contributed by atoms with van der Waals surface area (Å²) in [7, 11) is 0. The Balaban J connectivity index is 2.35. The molecular formula is C12H20N2S. The van der Waals surface area contributed by atoms with Crippen LogP contribution < -0.4 is 5.32 Å². The van der Waals surface area contributed by atoms with Crippen molar-refractivity contribution in [2.24, 2.45) is 0 Å². The van der Waals surface area contributed by atoms with Crippen LogP contribution in [0.1, 0.15) is 25.1 Å². The van der Waals surface area contributed by atoms with Crippen LogP contribution in [-0.2, 0) is 6.54 Å². The number of aryl methyl sites for hydroxylation is 1.